The summed E-state index contributed by atoms with van der Waals surface area (Å²) in [6, 6.07) is 0. The fraction of sp³-hybridized carbons (Fsp3) is 0.905. The van der Waals surface area contributed by atoms with Gasteiger partial charge in [-0.3, -0.25) is 14.4 Å². The summed E-state index contributed by atoms with van der Waals surface area (Å²) >= 11 is 0. The highest BCUT2D eigenvalue weighted by atomic mass is 16.6. The maximum absolute atomic E-state index is 12.9. The van der Waals surface area contributed by atoms with Crippen molar-refractivity contribution in [2.45, 2.75) is 419 Å². The maximum Gasteiger partial charge on any atom is 0.306 e. The predicted molar refractivity (Wildman–Crippen MR) is 349 cm³/mol. The van der Waals surface area contributed by atoms with Gasteiger partial charge >= 0.3 is 17.9 Å². The molecule has 0 saturated carbocycles. The Labute approximate surface area is 500 Å². The van der Waals surface area contributed by atoms with Gasteiger partial charge in [0, 0.05) is 19.3 Å². The number of carbonyl (C=O) groups is 3. The SMILES string of the molecule is CCCCCCC/C=C\C/C=C\CCCCCCCCCCCCCCCCCCCC(=O)OCC(COC(=O)CCCCCCCCCCCCCCCC)OC(=O)CCCCCCCCCCCCCCCCCCCCC. The molecule has 0 aliphatic carbocycles. The lowest BCUT2D eigenvalue weighted by Crippen LogP contribution is -2.30. The van der Waals surface area contributed by atoms with E-state index >= 15 is 0 Å². The van der Waals surface area contributed by atoms with Gasteiger partial charge in [-0.1, -0.05) is 366 Å². The fourth-order valence-corrected chi connectivity index (χ4v) is 11.2. The molecule has 1 unspecified atom stereocenters. The van der Waals surface area contributed by atoms with Gasteiger partial charge in [0.05, 0.1) is 0 Å². The van der Waals surface area contributed by atoms with Crippen LogP contribution in [-0.2, 0) is 28.6 Å². The Bertz CT molecular complexity index is 1290. The molecule has 0 aromatic carbocycles. The number of hydrogen-bond donors (Lipinski definition) is 0. The Balaban J connectivity index is 4.18. The fourth-order valence-electron chi connectivity index (χ4n) is 11.2. The Morgan fingerprint density at radius 3 is 0.688 bits per heavy atom. The van der Waals surface area contributed by atoms with Crippen LogP contribution in [0.1, 0.15) is 412 Å². The summed E-state index contributed by atoms with van der Waals surface area (Å²) in [5.74, 6) is -0.827. The lowest BCUT2D eigenvalue weighted by atomic mass is 10.0. The summed E-state index contributed by atoms with van der Waals surface area (Å²) in [5.41, 5.74) is 0. The third-order valence-electron chi connectivity index (χ3n) is 16.7. The second kappa shape index (κ2) is 69.4. The summed E-state index contributed by atoms with van der Waals surface area (Å²) < 4.78 is 17.0. The predicted octanol–water partition coefficient (Wildman–Crippen LogP) is 25.0. The van der Waals surface area contributed by atoms with Gasteiger partial charge < -0.3 is 14.2 Å². The summed E-state index contributed by atoms with van der Waals surface area (Å²) in [5, 5.41) is 0. The van der Waals surface area contributed by atoms with Crippen LogP contribution in [0.25, 0.3) is 0 Å². The van der Waals surface area contributed by atoms with E-state index in [0.717, 1.165) is 64.2 Å². The molecule has 0 spiro atoms. The molecule has 0 fully saturated rings. The smallest absolute Gasteiger partial charge is 0.306 e. The van der Waals surface area contributed by atoms with Gasteiger partial charge in [0.15, 0.2) is 6.10 Å². The molecule has 80 heavy (non-hydrogen) atoms. The highest BCUT2D eigenvalue weighted by Crippen LogP contribution is 2.19. The number of rotatable bonds is 68. The van der Waals surface area contributed by atoms with Crippen LogP contribution in [0.2, 0.25) is 0 Å². The number of allylic oxidation sites excluding steroid dienone is 4. The van der Waals surface area contributed by atoms with Crippen molar-refractivity contribution < 1.29 is 28.6 Å². The Morgan fingerprint density at radius 2 is 0.450 bits per heavy atom. The average molecular weight is 1130 g/mol. The quantitative estimate of drug-likeness (QED) is 0.0261. The molecule has 0 aromatic rings. The van der Waals surface area contributed by atoms with E-state index in [4.69, 9.17) is 14.2 Å². The molecule has 472 valence electrons. The highest BCUT2D eigenvalue weighted by Gasteiger charge is 2.19. The first-order valence-corrected chi connectivity index (χ1v) is 36.3. The van der Waals surface area contributed by atoms with E-state index < -0.39 is 6.10 Å². The van der Waals surface area contributed by atoms with E-state index in [-0.39, 0.29) is 31.1 Å². The lowest BCUT2D eigenvalue weighted by molar-refractivity contribution is -0.167. The number of ether oxygens (including phenoxy) is 3. The van der Waals surface area contributed by atoms with E-state index in [1.54, 1.807) is 0 Å². The van der Waals surface area contributed by atoms with Gasteiger partial charge in [0.25, 0.3) is 0 Å². The zero-order valence-electron chi connectivity index (χ0n) is 54.4. The van der Waals surface area contributed by atoms with Crippen molar-refractivity contribution in [3.8, 4) is 0 Å². The Hall–Kier alpha value is -2.11. The largest absolute Gasteiger partial charge is 0.462 e. The molecular weight excluding hydrogens is 985 g/mol. The van der Waals surface area contributed by atoms with Crippen LogP contribution in [0.4, 0.5) is 0 Å². The van der Waals surface area contributed by atoms with Crippen LogP contribution < -0.4 is 0 Å². The lowest BCUT2D eigenvalue weighted by Gasteiger charge is -2.18. The summed E-state index contributed by atoms with van der Waals surface area (Å²) in [4.78, 5) is 38.4. The van der Waals surface area contributed by atoms with Crippen molar-refractivity contribution >= 4 is 17.9 Å². The third-order valence-corrected chi connectivity index (χ3v) is 16.7. The molecule has 0 rings (SSSR count). The standard InChI is InChI=1S/C74H140O6/c1-4-7-10-13-16-19-22-25-28-30-32-33-34-35-36-37-38-39-40-41-43-44-46-49-52-55-58-61-64-67-73(76)79-70-71(69-78-72(75)66-63-60-57-54-51-48-27-24-21-18-15-12-9-6-3)80-74(77)68-65-62-59-56-53-50-47-45-42-31-29-26-23-20-17-14-11-8-5-2/h22,25,30,32,71H,4-21,23-24,26-29,31,33-70H2,1-3H3/b25-22-,32-30-. The van der Waals surface area contributed by atoms with E-state index in [9.17, 15) is 14.4 Å². The second-order valence-corrected chi connectivity index (χ2v) is 24.9. The Kier molecular flexibility index (Phi) is 67.6. The van der Waals surface area contributed by atoms with Crippen molar-refractivity contribution in [3.05, 3.63) is 24.3 Å². The monoisotopic (exact) mass is 1130 g/mol. The van der Waals surface area contributed by atoms with Crippen molar-refractivity contribution in [3.63, 3.8) is 0 Å². The molecule has 0 N–H and O–H groups in total. The minimum atomic E-state index is -0.766. The molecule has 0 heterocycles. The molecule has 0 aliphatic heterocycles. The van der Waals surface area contributed by atoms with Crippen LogP contribution in [0, 0.1) is 0 Å². The molecule has 6 nitrogen and oxygen atoms in total. The van der Waals surface area contributed by atoms with Gasteiger partial charge in [0.2, 0.25) is 0 Å². The molecular formula is C74H140O6. The summed E-state index contributed by atoms with van der Waals surface area (Å²) in [7, 11) is 0. The van der Waals surface area contributed by atoms with Crippen LogP contribution >= 0.6 is 0 Å². The van der Waals surface area contributed by atoms with Crippen LogP contribution in [-0.4, -0.2) is 37.2 Å². The maximum atomic E-state index is 12.9. The molecule has 0 amide bonds. The van der Waals surface area contributed by atoms with Gasteiger partial charge in [-0.15, -0.1) is 0 Å². The number of esters is 3. The third kappa shape index (κ3) is 66.7. The second-order valence-electron chi connectivity index (χ2n) is 24.9. The molecule has 0 saturated heterocycles. The molecule has 6 heteroatoms. The van der Waals surface area contributed by atoms with Crippen molar-refractivity contribution in [2.75, 3.05) is 13.2 Å². The van der Waals surface area contributed by atoms with Gasteiger partial charge in [0.1, 0.15) is 13.2 Å². The van der Waals surface area contributed by atoms with E-state index in [1.807, 2.05) is 0 Å². The highest BCUT2D eigenvalue weighted by molar-refractivity contribution is 5.71. The minimum Gasteiger partial charge on any atom is -0.462 e. The van der Waals surface area contributed by atoms with E-state index in [2.05, 4.69) is 45.1 Å². The van der Waals surface area contributed by atoms with E-state index in [1.165, 1.54) is 308 Å². The molecule has 0 aromatic heterocycles. The van der Waals surface area contributed by atoms with Crippen molar-refractivity contribution in [1.29, 1.82) is 0 Å². The number of hydrogen-bond acceptors (Lipinski definition) is 6. The van der Waals surface area contributed by atoms with Crippen molar-refractivity contribution in [2.24, 2.45) is 0 Å². The summed E-state index contributed by atoms with van der Waals surface area (Å²) in [6.45, 7) is 6.72. The van der Waals surface area contributed by atoms with Crippen molar-refractivity contribution in [1.82, 2.24) is 0 Å². The van der Waals surface area contributed by atoms with Crippen LogP contribution in [0.5, 0.6) is 0 Å². The zero-order chi connectivity index (χ0) is 57.8. The number of unbranched alkanes of at least 4 members (excludes halogenated alkanes) is 53. The molecule has 0 radical (unpaired) electrons. The molecule has 0 aliphatic rings. The van der Waals surface area contributed by atoms with Gasteiger partial charge in [-0.2, -0.15) is 0 Å². The van der Waals surface area contributed by atoms with E-state index in [0.29, 0.717) is 19.3 Å². The van der Waals surface area contributed by atoms with Gasteiger partial charge in [-0.05, 0) is 51.4 Å². The zero-order valence-corrected chi connectivity index (χ0v) is 54.4. The first-order valence-electron chi connectivity index (χ1n) is 36.3. The normalized spacial score (nSPS) is 12.1. The number of carbonyl (C=O) groups excluding carboxylic acids is 3. The summed E-state index contributed by atoms with van der Waals surface area (Å²) in [6.07, 6.45) is 85.0. The molecule has 0 bridgehead atoms. The first kappa shape index (κ1) is 77.9. The molecule has 1 atom stereocenters. The van der Waals surface area contributed by atoms with Crippen LogP contribution in [0.15, 0.2) is 24.3 Å². The average Bonchev–Trinajstić information content (AvgIpc) is 3.46. The first-order chi connectivity index (χ1) is 39.5. The van der Waals surface area contributed by atoms with Gasteiger partial charge in [-0.25, -0.2) is 0 Å². The minimum absolute atomic E-state index is 0.0630. The Morgan fingerprint density at radius 1 is 0.250 bits per heavy atom. The topological polar surface area (TPSA) is 78.9 Å². The van der Waals surface area contributed by atoms with Crippen LogP contribution in [0.3, 0.4) is 0 Å².